The van der Waals surface area contributed by atoms with Crippen molar-refractivity contribution >= 4 is 56.6 Å². The first-order chi connectivity index (χ1) is 18.3. The summed E-state index contributed by atoms with van der Waals surface area (Å²) >= 11 is 0. The summed E-state index contributed by atoms with van der Waals surface area (Å²) in [5, 5.41) is 5.65. The highest BCUT2D eigenvalue weighted by atomic mass is 33.1. The molecule has 0 fully saturated rings. The van der Waals surface area contributed by atoms with Crippen molar-refractivity contribution in [2.24, 2.45) is 11.5 Å². The number of primary amides is 2. The molecular formula is C28H22N4O4S2. The molecule has 0 saturated heterocycles. The molecule has 38 heavy (non-hydrogen) atoms. The number of carbonyl (C=O) groups is 4. The molecule has 4 amide bonds. The Morgan fingerprint density at radius 1 is 0.500 bits per heavy atom. The van der Waals surface area contributed by atoms with Crippen LogP contribution in [0.5, 0.6) is 0 Å². The summed E-state index contributed by atoms with van der Waals surface area (Å²) in [7, 11) is 2.70. The summed E-state index contributed by atoms with van der Waals surface area (Å²) in [5.41, 5.74) is 13.2. The van der Waals surface area contributed by atoms with E-state index < -0.39 is 11.8 Å². The van der Waals surface area contributed by atoms with Crippen LogP contribution in [0.1, 0.15) is 41.4 Å². The lowest BCUT2D eigenvalue weighted by atomic mass is 10.1. The van der Waals surface area contributed by atoms with Crippen LogP contribution in [0.25, 0.3) is 0 Å². The van der Waals surface area contributed by atoms with Gasteiger partial charge in [-0.1, -0.05) is 45.9 Å². The molecule has 0 saturated carbocycles. The van der Waals surface area contributed by atoms with Gasteiger partial charge in [-0.25, -0.2) is 0 Å². The molecule has 0 spiro atoms. The molecule has 8 nitrogen and oxygen atoms in total. The van der Waals surface area contributed by atoms with Gasteiger partial charge in [-0.15, -0.1) is 0 Å². The topological polar surface area (TPSA) is 144 Å². The van der Waals surface area contributed by atoms with Gasteiger partial charge in [0.2, 0.25) is 11.8 Å². The zero-order valence-electron chi connectivity index (χ0n) is 19.8. The fourth-order valence-electron chi connectivity index (χ4n) is 3.38. The fourth-order valence-corrected chi connectivity index (χ4v) is 5.74. The average Bonchev–Trinajstić information content (AvgIpc) is 2.92. The van der Waals surface area contributed by atoms with Gasteiger partial charge in [-0.2, -0.15) is 0 Å². The molecule has 4 aromatic rings. The van der Waals surface area contributed by atoms with Crippen molar-refractivity contribution < 1.29 is 19.2 Å². The minimum absolute atomic E-state index is 0.314. The number of amides is 4. The summed E-state index contributed by atoms with van der Waals surface area (Å²) in [6, 6.07) is 26.9. The van der Waals surface area contributed by atoms with Gasteiger partial charge in [0.1, 0.15) is 0 Å². The van der Waals surface area contributed by atoms with Gasteiger partial charge in [0.15, 0.2) is 0 Å². The molecule has 0 unspecified atom stereocenters. The van der Waals surface area contributed by atoms with Crippen molar-refractivity contribution in [1.82, 2.24) is 0 Å². The van der Waals surface area contributed by atoms with Crippen LogP contribution in [-0.2, 0) is 0 Å². The van der Waals surface area contributed by atoms with Crippen LogP contribution < -0.4 is 22.1 Å². The monoisotopic (exact) mass is 542 g/mol. The van der Waals surface area contributed by atoms with E-state index in [2.05, 4.69) is 10.6 Å². The van der Waals surface area contributed by atoms with E-state index in [9.17, 15) is 19.2 Å². The van der Waals surface area contributed by atoms with Crippen molar-refractivity contribution in [1.29, 1.82) is 0 Å². The van der Waals surface area contributed by atoms with Crippen molar-refractivity contribution in [3.05, 3.63) is 119 Å². The molecule has 4 aromatic carbocycles. The number of carbonyl (C=O) groups excluding carboxylic acids is 4. The summed E-state index contributed by atoms with van der Waals surface area (Å²) in [6.07, 6.45) is 0. The highest BCUT2D eigenvalue weighted by Crippen LogP contribution is 2.40. The molecule has 0 radical (unpaired) electrons. The van der Waals surface area contributed by atoms with Crippen molar-refractivity contribution in [2.75, 3.05) is 10.6 Å². The summed E-state index contributed by atoms with van der Waals surface area (Å²) in [6.45, 7) is 0. The van der Waals surface area contributed by atoms with E-state index in [0.717, 1.165) is 0 Å². The largest absolute Gasteiger partial charge is 0.366 e. The average molecular weight is 543 g/mol. The predicted octanol–water partition coefficient (Wildman–Crippen LogP) is 5.19. The van der Waals surface area contributed by atoms with Crippen LogP contribution in [0.3, 0.4) is 0 Å². The zero-order chi connectivity index (χ0) is 27.1. The number of benzene rings is 4. The molecule has 0 aromatic heterocycles. The Morgan fingerprint density at radius 3 is 1.18 bits per heavy atom. The molecule has 190 valence electrons. The van der Waals surface area contributed by atoms with Gasteiger partial charge in [0.25, 0.3) is 11.8 Å². The molecule has 0 aliphatic heterocycles. The second-order valence-corrected chi connectivity index (χ2v) is 10.2. The number of rotatable bonds is 9. The maximum absolute atomic E-state index is 13.0. The van der Waals surface area contributed by atoms with E-state index in [-0.39, 0.29) is 11.8 Å². The van der Waals surface area contributed by atoms with Crippen LogP contribution in [0.15, 0.2) is 107 Å². The molecule has 6 N–H and O–H groups in total. The Hall–Kier alpha value is -4.54. The fraction of sp³-hybridized carbons (Fsp3) is 0. The van der Waals surface area contributed by atoms with Crippen LogP contribution >= 0.6 is 21.6 Å². The number of nitrogens with two attached hydrogens (primary N) is 2. The minimum atomic E-state index is -0.545. The molecular weight excluding hydrogens is 520 g/mol. The molecule has 4 rings (SSSR count). The second-order valence-electron chi connectivity index (χ2n) is 7.95. The lowest BCUT2D eigenvalue weighted by molar-refractivity contribution is 0.0992. The first-order valence-electron chi connectivity index (χ1n) is 11.3. The Labute approximate surface area is 226 Å². The van der Waals surface area contributed by atoms with E-state index in [4.69, 9.17) is 11.5 Å². The van der Waals surface area contributed by atoms with E-state index in [1.165, 1.54) is 21.6 Å². The maximum atomic E-state index is 13.0. The molecule has 0 bridgehead atoms. The number of hydrogen-bond donors (Lipinski definition) is 4. The van der Waals surface area contributed by atoms with Crippen LogP contribution in [-0.4, -0.2) is 23.6 Å². The standard InChI is InChI=1S/C28H22N4O4S2/c29-25(33)17-9-13-19(14-10-17)31-27(35)21-5-1-3-7-23(21)37-38-24-8-4-2-6-22(24)28(36)32-20-15-11-18(12-16-20)26(30)34/h1-16H,(H2,29,33)(H2,30,34)(H,31,35)(H,32,36). The van der Waals surface area contributed by atoms with Gasteiger partial charge in [0, 0.05) is 32.3 Å². The number of nitrogens with one attached hydrogen (secondary N) is 2. The van der Waals surface area contributed by atoms with Crippen LogP contribution in [0.4, 0.5) is 11.4 Å². The SMILES string of the molecule is NC(=O)c1ccc(NC(=O)c2ccccc2SSc2ccccc2C(=O)Nc2ccc(C(N)=O)cc2)cc1. The van der Waals surface area contributed by atoms with Gasteiger partial charge >= 0.3 is 0 Å². The summed E-state index contributed by atoms with van der Waals surface area (Å²) in [5.74, 6) is -1.72. The van der Waals surface area contributed by atoms with Gasteiger partial charge in [0.05, 0.1) is 11.1 Å². The normalized spacial score (nSPS) is 10.4. The second kappa shape index (κ2) is 12.1. The highest BCUT2D eigenvalue weighted by Gasteiger charge is 2.16. The number of anilines is 2. The molecule has 0 aliphatic carbocycles. The lowest BCUT2D eigenvalue weighted by Gasteiger charge is -2.12. The van der Waals surface area contributed by atoms with Gasteiger partial charge in [-0.05, 0) is 72.8 Å². The third-order valence-electron chi connectivity index (χ3n) is 5.34. The van der Waals surface area contributed by atoms with E-state index in [1.54, 1.807) is 72.8 Å². The van der Waals surface area contributed by atoms with Gasteiger partial charge < -0.3 is 22.1 Å². The quantitative estimate of drug-likeness (QED) is 0.214. The maximum Gasteiger partial charge on any atom is 0.256 e. The Bertz CT molecular complexity index is 1390. The summed E-state index contributed by atoms with van der Waals surface area (Å²) in [4.78, 5) is 49.9. The van der Waals surface area contributed by atoms with E-state index in [1.807, 2.05) is 24.3 Å². The summed E-state index contributed by atoms with van der Waals surface area (Å²) < 4.78 is 0. The molecule has 10 heteroatoms. The Balaban J connectivity index is 1.46. The van der Waals surface area contributed by atoms with E-state index in [0.29, 0.717) is 43.4 Å². The smallest absolute Gasteiger partial charge is 0.256 e. The minimum Gasteiger partial charge on any atom is -0.366 e. The molecule has 0 atom stereocenters. The first-order valence-corrected chi connectivity index (χ1v) is 13.4. The zero-order valence-corrected chi connectivity index (χ0v) is 21.5. The third-order valence-corrected chi connectivity index (χ3v) is 7.82. The Morgan fingerprint density at radius 2 is 0.842 bits per heavy atom. The predicted molar refractivity (Wildman–Crippen MR) is 150 cm³/mol. The van der Waals surface area contributed by atoms with E-state index >= 15 is 0 Å². The van der Waals surface area contributed by atoms with Crippen molar-refractivity contribution in [3.8, 4) is 0 Å². The van der Waals surface area contributed by atoms with Crippen molar-refractivity contribution in [2.45, 2.75) is 9.79 Å². The van der Waals surface area contributed by atoms with Crippen molar-refractivity contribution in [3.63, 3.8) is 0 Å². The first kappa shape index (κ1) is 26.5. The molecule has 0 heterocycles. The van der Waals surface area contributed by atoms with Gasteiger partial charge in [-0.3, -0.25) is 19.2 Å². The van der Waals surface area contributed by atoms with Crippen LogP contribution in [0.2, 0.25) is 0 Å². The number of hydrogen-bond acceptors (Lipinski definition) is 6. The third kappa shape index (κ3) is 6.61. The Kier molecular flexibility index (Phi) is 8.47. The van der Waals surface area contributed by atoms with Crippen LogP contribution in [0, 0.1) is 0 Å². The highest BCUT2D eigenvalue weighted by molar-refractivity contribution is 8.76. The lowest BCUT2D eigenvalue weighted by Crippen LogP contribution is -2.14. The molecule has 0 aliphatic rings.